The normalized spacial score (nSPS) is 10.0. The largest absolute Gasteiger partial charge is 0.486 e. The third kappa shape index (κ3) is 3.75. The van der Waals surface area contributed by atoms with Crippen molar-refractivity contribution in [2.24, 2.45) is 0 Å². The van der Waals surface area contributed by atoms with Gasteiger partial charge in [0.2, 0.25) is 0 Å². The average molecular weight is 323 g/mol. The van der Waals surface area contributed by atoms with Crippen LogP contribution in [0.25, 0.3) is 0 Å². The molecule has 0 aliphatic rings. The van der Waals surface area contributed by atoms with E-state index in [2.05, 4.69) is 30.6 Å². The number of carbonyl (C=O) groups excluding carboxylic acids is 1. The Kier molecular flexibility index (Phi) is 4.46. The molecule has 2 heterocycles. The van der Waals surface area contributed by atoms with Gasteiger partial charge in [0.1, 0.15) is 12.4 Å². The molecule has 0 atom stereocenters. The highest BCUT2D eigenvalue weighted by Gasteiger charge is 2.05. The standard InChI is InChI=1S/C13H11BrN2O3/c1-18-13(17)9-2-3-11(16-5-9)8-19-12-4-10(14)6-15-7-12/h2-7H,8H2,1H3. The first-order valence-electron chi connectivity index (χ1n) is 5.45. The number of hydrogen-bond donors (Lipinski definition) is 0. The summed E-state index contributed by atoms with van der Waals surface area (Å²) >= 11 is 3.31. The van der Waals surface area contributed by atoms with Crippen molar-refractivity contribution < 1.29 is 14.3 Å². The summed E-state index contributed by atoms with van der Waals surface area (Å²) in [4.78, 5) is 19.4. The van der Waals surface area contributed by atoms with E-state index in [4.69, 9.17) is 4.74 Å². The van der Waals surface area contributed by atoms with Crippen LogP contribution in [0.1, 0.15) is 16.1 Å². The molecule has 0 radical (unpaired) electrons. The third-order valence-electron chi connectivity index (χ3n) is 2.31. The van der Waals surface area contributed by atoms with Crippen molar-refractivity contribution >= 4 is 21.9 Å². The molecule has 2 rings (SSSR count). The Labute approximate surface area is 118 Å². The minimum Gasteiger partial charge on any atom is -0.486 e. The number of ether oxygens (including phenoxy) is 2. The number of nitrogens with zero attached hydrogens (tertiary/aromatic N) is 2. The van der Waals surface area contributed by atoms with E-state index in [0.29, 0.717) is 23.6 Å². The van der Waals surface area contributed by atoms with Gasteiger partial charge in [0.15, 0.2) is 0 Å². The molecule has 0 saturated heterocycles. The minimum atomic E-state index is -0.406. The SMILES string of the molecule is COC(=O)c1ccc(COc2cncc(Br)c2)nc1. The second-order valence-corrected chi connectivity index (χ2v) is 4.57. The Bertz CT molecular complexity index is 572. The lowest BCUT2D eigenvalue weighted by molar-refractivity contribution is 0.0600. The van der Waals surface area contributed by atoms with Gasteiger partial charge in [-0.1, -0.05) is 0 Å². The summed E-state index contributed by atoms with van der Waals surface area (Å²) in [6, 6.07) is 5.18. The topological polar surface area (TPSA) is 61.3 Å². The lowest BCUT2D eigenvalue weighted by Gasteiger charge is -2.06. The molecule has 0 aromatic carbocycles. The zero-order valence-corrected chi connectivity index (χ0v) is 11.8. The van der Waals surface area contributed by atoms with Crippen molar-refractivity contribution in [1.82, 2.24) is 9.97 Å². The van der Waals surface area contributed by atoms with E-state index >= 15 is 0 Å². The van der Waals surface area contributed by atoms with E-state index in [-0.39, 0.29) is 0 Å². The second kappa shape index (κ2) is 6.29. The maximum absolute atomic E-state index is 11.2. The smallest absolute Gasteiger partial charge is 0.339 e. The lowest BCUT2D eigenvalue weighted by atomic mass is 10.2. The summed E-state index contributed by atoms with van der Waals surface area (Å²) in [6.07, 6.45) is 4.76. The first-order valence-corrected chi connectivity index (χ1v) is 6.25. The van der Waals surface area contributed by atoms with Gasteiger partial charge in [-0.25, -0.2) is 4.79 Å². The van der Waals surface area contributed by atoms with Gasteiger partial charge in [-0.2, -0.15) is 0 Å². The summed E-state index contributed by atoms with van der Waals surface area (Å²) in [6.45, 7) is 0.305. The number of carbonyl (C=O) groups is 1. The fraction of sp³-hybridized carbons (Fsp3) is 0.154. The Morgan fingerprint density at radius 3 is 2.79 bits per heavy atom. The number of pyridine rings is 2. The molecule has 2 aromatic rings. The van der Waals surface area contributed by atoms with Crippen LogP contribution in [0.3, 0.4) is 0 Å². The maximum Gasteiger partial charge on any atom is 0.339 e. The Balaban J connectivity index is 1.98. The molecule has 2 aromatic heterocycles. The van der Waals surface area contributed by atoms with Gasteiger partial charge < -0.3 is 9.47 Å². The van der Waals surface area contributed by atoms with Crippen molar-refractivity contribution in [1.29, 1.82) is 0 Å². The predicted molar refractivity (Wildman–Crippen MR) is 71.8 cm³/mol. The molecule has 98 valence electrons. The Hall–Kier alpha value is -1.95. The number of methoxy groups -OCH3 is 1. The van der Waals surface area contributed by atoms with E-state index in [0.717, 1.165) is 4.47 Å². The van der Waals surface area contributed by atoms with Crippen LogP contribution >= 0.6 is 15.9 Å². The maximum atomic E-state index is 11.2. The van der Waals surface area contributed by atoms with Gasteiger partial charge in [0.25, 0.3) is 0 Å². The molecule has 5 nitrogen and oxygen atoms in total. The highest BCUT2D eigenvalue weighted by atomic mass is 79.9. The zero-order chi connectivity index (χ0) is 13.7. The van der Waals surface area contributed by atoms with E-state index in [1.807, 2.05) is 6.07 Å². The molecular weight excluding hydrogens is 312 g/mol. The van der Waals surface area contributed by atoms with Crippen molar-refractivity contribution in [3.8, 4) is 5.75 Å². The molecule has 6 heteroatoms. The van der Waals surface area contributed by atoms with E-state index in [1.54, 1.807) is 24.5 Å². The van der Waals surface area contributed by atoms with E-state index < -0.39 is 5.97 Å². The minimum absolute atomic E-state index is 0.305. The van der Waals surface area contributed by atoms with Crippen LogP contribution in [0.4, 0.5) is 0 Å². The number of hydrogen-bond acceptors (Lipinski definition) is 5. The average Bonchev–Trinajstić information content (AvgIpc) is 2.45. The summed E-state index contributed by atoms with van der Waals surface area (Å²) in [5, 5.41) is 0. The molecule has 0 bridgehead atoms. The predicted octanol–water partition coefficient (Wildman–Crippen LogP) is 2.60. The lowest BCUT2D eigenvalue weighted by Crippen LogP contribution is -2.04. The summed E-state index contributed by atoms with van der Waals surface area (Å²) in [7, 11) is 1.33. The van der Waals surface area contributed by atoms with Crippen LogP contribution in [0.15, 0.2) is 41.3 Å². The fourth-order valence-corrected chi connectivity index (χ4v) is 1.72. The van der Waals surface area contributed by atoms with E-state index in [1.165, 1.54) is 13.3 Å². The van der Waals surface area contributed by atoms with E-state index in [9.17, 15) is 4.79 Å². The first-order chi connectivity index (χ1) is 9.19. The van der Waals surface area contributed by atoms with Crippen LogP contribution in [0, 0.1) is 0 Å². The van der Waals surface area contributed by atoms with Crippen molar-refractivity contribution in [2.45, 2.75) is 6.61 Å². The van der Waals surface area contributed by atoms with Gasteiger partial charge >= 0.3 is 5.97 Å². The monoisotopic (exact) mass is 322 g/mol. The molecule has 0 fully saturated rings. The second-order valence-electron chi connectivity index (χ2n) is 3.66. The van der Waals surface area contributed by atoms with Crippen molar-refractivity contribution in [2.75, 3.05) is 7.11 Å². The number of rotatable bonds is 4. The van der Waals surface area contributed by atoms with Gasteiger partial charge in [-0.3, -0.25) is 9.97 Å². The fourth-order valence-electron chi connectivity index (χ4n) is 1.38. The van der Waals surface area contributed by atoms with Gasteiger partial charge in [-0.05, 0) is 34.1 Å². The van der Waals surface area contributed by atoms with Crippen molar-refractivity contribution in [3.05, 3.63) is 52.5 Å². The number of halogens is 1. The van der Waals surface area contributed by atoms with Crippen LogP contribution in [-0.2, 0) is 11.3 Å². The highest BCUT2D eigenvalue weighted by Crippen LogP contribution is 2.16. The first kappa shape index (κ1) is 13.5. The van der Waals surface area contributed by atoms with Crippen LogP contribution in [0.5, 0.6) is 5.75 Å². The Morgan fingerprint density at radius 1 is 1.32 bits per heavy atom. The molecule has 0 unspecified atom stereocenters. The van der Waals surface area contributed by atoms with Crippen LogP contribution < -0.4 is 4.74 Å². The summed E-state index contributed by atoms with van der Waals surface area (Å²) < 4.78 is 11.0. The summed E-state index contributed by atoms with van der Waals surface area (Å²) in [5.74, 6) is 0.240. The zero-order valence-electron chi connectivity index (χ0n) is 10.2. The number of esters is 1. The van der Waals surface area contributed by atoms with Crippen LogP contribution in [0.2, 0.25) is 0 Å². The molecule has 0 N–H and O–H groups in total. The highest BCUT2D eigenvalue weighted by molar-refractivity contribution is 9.10. The van der Waals surface area contributed by atoms with Gasteiger partial charge in [0, 0.05) is 16.9 Å². The molecule has 19 heavy (non-hydrogen) atoms. The van der Waals surface area contributed by atoms with Gasteiger partial charge in [0.05, 0.1) is 24.6 Å². The molecule has 0 amide bonds. The molecular formula is C13H11BrN2O3. The molecule has 0 saturated carbocycles. The third-order valence-corrected chi connectivity index (χ3v) is 2.75. The van der Waals surface area contributed by atoms with Crippen molar-refractivity contribution in [3.63, 3.8) is 0 Å². The molecule has 0 aliphatic carbocycles. The van der Waals surface area contributed by atoms with Crippen LogP contribution in [-0.4, -0.2) is 23.0 Å². The Morgan fingerprint density at radius 2 is 2.16 bits per heavy atom. The number of aromatic nitrogens is 2. The summed E-state index contributed by atoms with van der Waals surface area (Å²) in [5.41, 5.74) is 1.13. The van der Waals surface area contributed by atoms with Gasteiger partial charge in [-0.15, -0.1) is 0 Å². The quantitative estimate of drug-likeness (QED) is 0.810. The molecule has 0 aliphatic heterocycles. The molecule has 0 spiro atoms.